The smallest absolute Gasteiger partial charge is 0.129 e. The molecule has 0 amide bonds. The molecule has 0 bridgehead atoms. The number of halogens is 3. The van der Waals surface area contributed by atoms with E-state index >= 15 is 4.39 Å². The van der Waals surface area contributed by atoms with Gasteiger partial charge >= 0.3 is 0 Å². The van der Waals surface area contributed by atoms with Crippen LogP contribution < -0.4 is 0 Å². The van der Waals surface area contributed by atoms with Crippen molar-refractivity contribution in [1.29, 1.82) is 0 Å². The van der Waals surface area contributed by atoms with E-state index in [9.17, 15) is 0 Å². The number of aromatic nitrogens is 1. The Balaban J connectivity index is 2.39. The Labute approximate surface area is 170 Å². The normalized spacial score (nSPS) is 13.6. The molecule has 1 atom stereocenters. The van der Waals surface area contributed by atoms with Crippen LogP contribution in [-0.4, -0.2) is 16.4 Å². The topological polar surface area (TPSA) is 45.5 Å². The van der Waals surface area contributed by atoms with E-state index in [0.717, 1.165) is 21.3 Å². The zero-order valence-corrected chi connectivity index (χ0v) is 16.9. The van der Waals surface area contributed by atoms with Crippen LogP contribution >= 0.6 is 27.5 Å². The number of hydrogen-bond donors (Lipinski definition) is 1. The predicted molar refractivity (Wildman–Crippen MR) is 109 cm³/mol. The van der Waals surface area contributed by atoms with E-state index in [1.165, 1.54) is 12.3 Å². The summed E-state index contributed by atoms with van der Waals surface area (Å²) >= 11 is 9.43. The summed E-state index contributed by atoms with van der Waals surface area (Å²) in [5, 5.41) is 12.6. The molecular formula is C21H17BrClFN2O. The predicted octanol–water partition coefficient (Wildman–Crippen LogP) is 6.13. The summed E-state index contributed by atoms with van der Waals surface area (Å²) in [4.78, 5) is 4.27. The van der Waals surface area contributed by atoms with E-state index in [0.29, 0.717) is 10.6 Å². The van der Waals surface area contributed by atoms with Crippen molar-refractivity contribution >= 4 is 33.7 Å². The molecular weight excluding hydrogens is 431 g/mol. The fourth-order valence-corrected chi connectivity index (χ4v) is 3.81. The fraction of sp³-hybridized carbons (Fsp3) is 0.143. The number of rotatable bonds is 5. The van der Waals surface area contributed by atoms with Gasteiger partial charge in [0.25, 0.3) is 0 Å². The standard InChI is InChI=1S/C21H17BrClFN2O/c1-14-12-16(8-10-25-14)21(9-11-26-27,15-2-4-17(22)5-3-15)19-7-6-18(23)13-20(19)24/h2-8,10-13,27H,9H2,1H3. The third-order valence-corrected chi connectivity index (χ3v) is 5.36. The lowest BCUT2D eigenvalue weighted by atomic mass is 9.67. The van der Waals surface area contributed by atoms with Gasteiger partial charge in [0.05, 0.1) is 5.41 Å². The summed E-state index contributed by atoms with van der Waals surface area (Å²) in [5.41, 5.74) is 2.05. The molecule has 2 aromatic carbocycles. The number of oxime groups is 1. The number of nitrogens with zero attached hydrogens (tertiary/aromatic N) is 2. The van der Waals surface area contributed by atoms with Crippen molar-refractivity contribution in [3.05, 3.63) is 98.5 Å². The van der Waals surface area contributed by atoms with Crippen molar-refractivity contribution in [2.45, 2.75) is 18.8 Å². The molecule has 0 radical (unpaired) electrons. The molecule has 1 unspecified atom stereocenters. The van der Waals surface area contributed by atoms with Crippen LogP contribution in [0.5, 0.6) is 0 Å². The van der Waals surface area contributed by atoms with Crippen LogP contribution in [-0.2, 0) is 5.41 Å². The van der Waals surface area contributed by atoms with Crippen LogP contribution in [0.4, 0.5) is 4.39 Å². The Morgan fingerprint density at radius 1 is 1.15 bits per heavy atom. The van der Waals surface area contributed by atoms with Gasteiger partial charge in [-0.05, 0) is 54.4 Å². The van der Waals surface area contributed by atoms with Crippen molar-refractivity contribution in [3.63, 3.8) is 0 Å². The molecule has 0 aliphatic carbocycles. The second-order valence-corrected chi connectivity index (χ2v) is 7.58. The van der Waals surface area contributed by atoms with Crippen LogP contribution in [0, 0.1) is 12.7 Å². The minimum absolute atomic E-state index is 0.257. The number of pyridine rings is 1. The Bertz CT molecular complexity index is 978. The first kappa shape index (κ1) is 19.5. The summed E-state index contributed by atoms with van der Waals surface area (Å²) in [6.07, 6.45) is 3.33. The lowest BCUT2D eigenvalue weighted by molar-refractivity contribution is 0.319. The Hall–Kier alpha value is -2.24. The van der Waals surface area contributed by atoms with Gasteiger partial charge in [0, 0.05) is 39.6 Å². The highest BCUT2D eigenvalue weighted by atomic mass is 79.9. The zero-order valence-electron chi connectivity index (χ0n) is 14.5. The molecule has 0 aliphatic heterocycles. The second-order valence-electron chi connectivity index (χ2n) is 6.22. The highest BCUT2D eigenvalue weighted by Crippen LogP contribution is 2.43. The lowest BCUT2D eigenvalue weighted by Crippen LogP contribution is -2.31. The van der Waals surface area contributed by atoms with Gasteiger partial charge < -0.3 is 5.21 Å². The maximum absolute atomic E-state index is 15.1. The SMILES string of the molecule is Cc1cc(C(CC=NO)(c2ccc(Br)cc2)c2ccc(Cl)cc2F)ccn1. The van der Waals surface area contributed by atoms with E-state index in [1.54, 1.807) is 18.3 Å². The Kier molecular flexibility index (Phi) is 5.92. The molecule has 3 rings (SSSR count). The molecule has 0 saturated carbocycles. The van der Waals surface area contributed by atoms with E-state index in [2.05, 4.69) is 26.1 Å². The molecule has 3 aromatic rings. The van der Waals surface area contributed by atoms with E-state index in [1.807, 2.05) is 43.3 Å². The highest BCUT2D eigenvalue weighted by molar-refractivity contribution is 9.10. The van der Waals surface area contributed by atoms with Crippen LogP contribution in [0.25, 0.3) is 0 Å². The van der Waals surface area contributed by atoms with Gasteiger partial charge in [0.2, 0.25) is 0 Å². The van der Waals surface area contributed by atoms with E-state index in [-0.39, 0.29) is 6.42 Å². The first-order valence-corrected chi connectivity index (χ1v) is 9.45. The van der Waals surface area contributed by atoms with Crippen LogP contribution in [0.2, 0.25) is 5.02 Å². The van der Waals surface area contributed by atoms with Crippen molar-refractivity contribution < 1.29 is 9.60 Å². The minimum Gasteiger partial charge on any atom is -0.411 e. The van der Waals surface area contributed by atoms with Crippen LogP contribution in [0.1, 0.15) is 28.8 Å². The minimum atomic E-state index is -0.907. The number of aryl methyl sites for hydroxylation is 1. The van der Waals surface area contributed by atoms with Gasteiger partial charge in [-0.2, -0.15) is 0 Å². The average Bonchev–Trinajstić information content (AvgIpc) is 2.64. The summed E-state index contributed by atoms with van der Waals surface area (Å²) < 4.78 is 16.0. The molecule has 0 spiro atoms. The maximum atomic E-state index is 15.1. The molecule has 27 heavy (non-hydrogen) atoms. The molecule has 0 aliphatic rings. The summed E-state index contributed by atoms with van der Waals surface area (Å²) in [5.74, 6) is -0.425. The Morgan fingerprint density at radius 2 is 1.89 bits per heavy atom. The maximum Gasteiger partial charge on any atom is 0.129 e. The van der Waals surface area contributed by atoms with Crippen LogP contribution in [0.15, 0.2) is 70.4 Å². The van der Waals surface area contributed by atoms with E-state index < -0.39 is 11.2 Å². The molecule has 6 heteroatoms. The summed E-state index contributed by atoms with van der Waals surface area (Å²) in [6.45, 7) is 1.88. The quantitative estimate of drug-likeness (QED) is 0.290. The molecule has 1 aromatic heterocycles. The zero-order chi connectivity index (χ0) is 19.4. The second kappa shape index (κ2) is 8.19. The van der Waals surface area contributed by atoms with Crippen molar-refractivity contribution in [1.82, 2.24) is 4.98 Å². The van der Waals surface area contributed by atoms with Crippen molar-refractivity contribution in [2.75, 3.05) is 0 Å². The van der Waals surface area contributed by atoms with Gasteiger partial charge in [0.1, 0.15) is 5.82 Å². The van der Waals surface area contributed by atoms with Gasteiger partial charge in [-0.3, -0.25) is 4.98 Å². The first-order chi connectivity index (χ1) is 13.0. The van der Waals surface area contributed by atoms with Gasteiger partial charge in [-0.25, -0.2) is 4.39 Å². The molecule has 0 saturated heterocycles. The van der Waals surface area contributed by atoms with E-state index in [4.69, 9.17) is 16.8 Å². The Morgan fingerprint density at radius 3 is 2.52 bits per heavy atom. The van der Waals surface area contributed by atoms with Crippen molar-refractivity contribution in [3.8, 4) is 0 Å². The molecule has 1 heterocycles. The molecule has 138 valence electrons. The monoisotopic (exact) mass is 446 g/mol. The summed E-state index contributed by atoms with van der Waals surface area (Å²) in [7, 11) is 0. The van der Waals surface area contributed by atoms with Gasteiger partial charge in [0.15, 0.2) is 0 Å². The van der Waals surface area contributed by atoms with Gasteiger partial charge in [-0.15, -0.1) is 5.16 Å². The average molecular weight is 448 g/mol. The van der Waals surface area contributed by atoms with Gasteiger partial charge in [-0.1, -0.05) is 45.7 Å². The lowest BCUT2D eigenvalue weighted by Gasteiger charge is -2.35. The van der Waals surface area contributed by atoms with Crippen LogP contribution in [0.3, 0.4) is 0 Å². The fourth-order valence-electron chi connectivity index (χ4n) is 3.38. The molecule has 0 fully saturated rings. The molecule has 3 nitrogen and oxygen atoms in total. The highest BCUT2D eigenvalue weighted by Gasteiger charge is 2.38. The first-order valence-electron chi connectivity index (χ1n) is 8.28. The number of hydrogen-bond acceptors (Lipinski definition) is 3. The third-order valence-electron chi connectivity index (χ3n) is 4.60. The summed E-state index contributed by atoms with van der Waals surface area (Å²) in [6, 6.07) is 16.1. The van der Waals surface area contributed by atoms with Crippen molar-refractivity contribution in [2.24, 2.45) is 5.16 Å². The number of benzene rings is 2. The molecule has 1 N–H and O–H groups in total. The third kappa shape index (κ3) is 3.89. The largest absolute Gasteiger partial charge is 0.411 e.